The van der Waals surface area contributed by atoms with Crippen molar-refractivity contribution in [2.75, 3.05) is 32.1 Å². The van der Waals surface area contributed by atoms with Gasteiger partial charge in [0.2, 0.25) is 0 Å². The van der Waals surface area contributed by atoms with Crippen LogP contribution in [-0.2, 0) is 19.4 Å². The van der Waals surface area contributed by atoms with Gasteiger partial charge in [-0.05, 0) is 78.9 Å². The minimum Gasteiger partial charge on any atom is -0.494 e. The molecule has 3 aromatic carbocycles. The van der Waals surface area contributed by atoms with Crippen LogP contribution in [0.15, 0.2) is 69.6 Å². The summed E-state index contributed by atoms with van der Waals surface area (Å²) in [7, 11) is 1.85. The van der Waals surface area contributed by atoms with Gasteiger partial charge in [0.1, 0.15) is 11.4 Å². The van der Waals surface area contributed by atoms with Gasteiger partial charge in [-0.3, -0.25) is 4.90 Å². The van der Waals surface area contributed by atoms with Crippen molar-refractivity contribution in [2.24, 2.45) is 5.18 Å². The Labute approximate surface area is 200 Å². The number of hydrogen-bond donors (Lipinski definition) is 1. The van der Waals surface area contributed by atoms with E-state index in [4.69, 9.17) is 4.74 Å². The Morgan fingerprint density at radius 2 is 1.91 bits per heavy atom. The maximum absolute atomic E-state index is 11.9. The summed E-state index contributed by atoms with van der Waals surface area (Å²) < 4.78 is 5.53. The number of benzene rings is 3. The molecule has 0 saturated heterocycles. The van der Waals surface area contributed by atoms with E-state index in [0.717, 1.165) is 59.3 Å². The molecule has 1 heterocycles. The van der Waals surface area contributed by atoms with Crippen LogP contribution in [0.2, 0.25) is 0 Å². The predicted octanol–water partition coefficient (Wildman–Crippen LogP) is 6.59. The number of nitrogens with zero attached hydrogens (tertiary/aromatic N) is 2. The molecule has 0 saturated carbocycles. The van der Waals surface area contributed by atoms with Gasteiger partial charge in [0, 0.05) is 36.5 Å². The Morgan fingerprint density at radius 1 is 1.09 bits per heavy atom. The summed E-state index contributed by atoms with van der Waals surface area (Å²) in [5.74, 6) is 0.858. The lowest BCUT2D eigenvalue weighted by atomic mass is 9.97. The molecule has 0 amide bonds. The van der Waals surface area contributed by atoms with Gasteiger partial charge in [0.25, 0.3) is 0 Å². The number of rotatable bonds is 9. The van der Waals surface area contributed by atoms with Crippen LogP contribution in [0.3, 0.4) is 0 Å². The average molecular weight is 462 g/mol. The predicted molar refractivity (Wildman–Crippen MR) is 137 cm³/mol. The molecule has 0 bridgehead atoms. The molecule has 0 spiro atoms. The number of nitrogens with one attached hydrogen (secondary N) is 1. The summed E-state index contributed by atoms with van der Waals surface area (Å²) in [6, 6.07) is 18.9. The smallest absolute Gasteiger partial charge is 0.135 e. The minimum absolute atomic E-state index is 0.515. The maximum atomic E-state index is 11.9. The number of fused-ring (bicyclic) bond motifs is 1. The van der Waals surface area contributed by atoms with Crippen LogP contribution in [-0.4, -0.2) is 31.6 Å². The minimum atomic E-state index is 0.515. The fourth-order valence-electron chi connectivity index (χ4n) is 4.36. The van der Waals surface area contributed by atoms with Crippen LogP contribution >= 0.6 is 11.8 Å². The van der Waals surface area contributed by atoms with Crippen LogP contribution in [0, 0.1) is 11.8 Å². The third-order valence-corrected chi connectivity index (χ3v) is 7.15. The molecule has 3 aromatic rings. The van der Waals surface area contributed by atoms with Crippen LogP contribution in [0.1, 0.15) is 29.2 Å². The summed E-state index contributed by atoms with van der Waals surface area (Å²) >= 11 is 1.62. The van der Waals surface area contributed by atoms with E-state index in [0.29, 0.717) is 12.3 Å². The zero-order chi connectivity index (χ0) is 23.2. The maximum Gasteiger partial charge on any atom is 0.135 e. The molecule has 1 aliphatic heterocycles. The van der Waals surface area contributed by atoms with Gasteiger partial charge in [-0.15, -0.1) is 4.91 Å². The third-order valence-electron chi connectivity index (χ3n) is 6.08. The van der Waals surface area contributed by atoms with E-state index in [1.54, 1.807) is 11.8 Å². The zero-order valence-corrected chi connectivity index (χ0v) is 20.4. The van der Waals surface area contributed by atoms with Gasteiger partial charge < -0.3 is 10.1 Å². The zero-order valence-electron chi connectivity index (χ0n) is 19.6. The standard InChI is InChI=1S/C27H31N3O2S/c1-4-32-23-8-10-24(11-9-23)33-25-12-7-21(26(29-31)27(25)28-3)14-16-30-15-13-20-6-5-19(2)17-22(20)18-30/h5-12,17,28H,4,13-16,18H2,1-3H3. The first-order valence-corrected chi connectivity index (χ1v) is 12.3. The Balaban J connectivity index is 1.47. The summed E-state index contributed by atoms with van der Waals surface area (Å²) in [6.45, 7) is 7.69. The van der Waals surface area contributed by atoms with E-state index >= 15 is 0 Å². The van der Waals surface area contributed by atoms with E-state index in [9.17, 15) is 4.91 Å². The summed E-state index contributed by atoms with van der Waals surface area (Å²) in [6.07, 6.45) is 1.87. The SMILES string of the molecule is CCOc1ccc(Sc2ccc(CCN3CCc4ccc(C)cc4C3)c(N=O)c2NC)cc1. The first-order valence-electron chi connectivity index (χ1n) is 11.5. The highest BCUT2D eigenvalue weighted by Crippen LogP contribution is 2.41. The van der Waals surface area contributed by atoms with Crippen LogP contribution in [0.5, 0.6) is 5.75 Å². The highest BCUT2D eigenvalue weighted by atomic mass is 32.2. The number of anilines is 1. The monoisotopic (exact) mass is 461 g/mol. The summed E-state index contributed by atoms with van der Waals surface area (Å²) in [5, 5.41) is 6.64. The van der Waals surface area contributed by atoms with Crippen molar-refractivity contribution in [2.45, 2.75) is 43.0 Å². The fourth-order valence-corrected chi connectivity index (χ4v) is 5.32. The van der Waals surface area contributed by atoms with E-state index in [1.165, 1.54) is 16.7 Å². The summed E-state index contributed by atoms with van der Waals surface area (Å²) in [4.78, 5) is 16.4. The van der Waals surface area contributed by atoms with Crippen molar-refractivity contribution < 1.29 is 4.74 Å². The Hall–Kier alpha value is -2.83. The Bertz CT molecular complexity index is 1120. The lowest BCUT2D eigenvalue weighted by molar-refractivity contribution is 0.257. The molecule has 1 N–H and O–H groups in total. The first-order chi connectivity index (χ1) is 16.1. The first kappa shape index (κ1) is 23.3. The average Bonchev–Trinajstić information content (AvgIpc) is 2.83. The molecule has 0 radical (unpaired) electrons. The molecule has 0 fully saturated rings. The number of ether oxygens (including phenoxy) is 1. The lowest BCUT2D eigenvalue weighted by Gasteiger charge is -2.29. The van der Waals surface area contributed by atoms with E-state index in [2.05, 4.69) is 52.6 Å². The van der Waals surface area contributed by atoms with Crippen LogP contribution in [0.25, 0.3) is 0 Å². The van der Waals surface area contributed by atoms with Crippen molar-refractivity contribution in [3.05, 3.63) is 81.8 Å². The molecule has 4 rings (SSSR count). The lowest BCUT2D eigenvalue weighted by Crippen LogP contribution is -2.32. The largest absolute Gasteiger partial charge is 0.494 e. The second-order valence-corrected chi connectivity index (χ2v) is 9.46. The molecule has 0 unspecified atom stereocenters. The second kappa shape index (κ2) is 10.9. The normalized spacial score (nSPS) is 13.4. The fraction of sp³-hybridized carbons (Fsp3) is 0.333. The van der Waals surface area contributed by atoms with Gasteiger partial charge in [0.15, 0.2) is 0 Å². The van der Waals surface area contributed by atoms with Crippen molar-refractivity contribution in [1.29, 1.82) is 0 Å². The van der Waals surface area contributed by atoms with Crippen molar-refractivity contribution in [3.63, 3.8) is 0 Å². The van der Waals surface area contributed by atoms with Crippen LogP contribution < -0.4 is 10.1 Å². The van der Waals surface area contributed by atoms with Gasteiger partial charge in [-0.25, -0.2) is 0 Å². The molecule has 0 aliphatic carbocycles. The van der Waals surface area contributed by atoms with Crippen molar-refractivity contribution in [3.8, 4) is 5.75 Å². The second-order valence-electron chi connectivity index (χ2n) is 8.34. The highest BCUT2D eigenvalue weighted by molar-refractivity contribution is 7.99. The molecular weight excluding hydrogens is 430 g/mol. The Kier molecular flexibility index (Phi) is 7.68. The molecular formula is C27H31N3O2S. The molecule has 0 aromatic heterocycles. The molecule has 0 atom stereocenters. The molecule has 33 heavy (non-hydrogen) atoms. The molecule has 6 heteroatoms. The highest BCUT2D eigenvalue weighted by Gasteiger charge is 2.19. The van der Waals surface area contributed by atoms with Crippen molar-refractivity contribution in [1.82, 2.24) is 4.90 Å². The van der Waals surface area contributed by atoms with Crippen LogP contribution in [0.4, 0.5) is 11.4 Å². The van der Waals surface area contributed by atoms with E-state index in [-0.39, 0.29) is 0 Å². The molecule has 172 valence electrons. The van der Waals surface area contributed by atoms with Gasteiger partial charge in [-0.1, -0.05) is 41.6 Å². The van der Waals surface area contributed by atoms with Gasteiger partial charge >= 0.3 is 0 Å². The number of aryl methyl sites for hydroxylation is 1. The molecule has 5 nitrogen and oxygen atoms in total. The topological polar surface area (TPSA) is 53.9 Å². The summed E-state index contributed by atoms with van der Waals surface area (Å²) in [5.41, 5.74) is 6.48. The van der Waals surface area contributed by atoms with E-state index < -0.39 is 0 Å². The van der Waals surface area contributed by atoms with Crippen molar-refractivity contribution >= 4 is 23.1 Å². The Morgan fingerprint density at radius 3 is 2.64 bits per heavy atom. The number of hydrogen-bond acceptors (Lipinski definition) is 6. The van der Waals surface area contributed by atoms with Gasteiger partial charge in [0.05, 0.1) is 12.3 Å². The third kappa shape index (κ3) is 5.57. The number of nitroso groups, excluding NO2 is 1. The van der Waals surface area contributed by atoms with Gasteiger partial charge in [-0.2, -0.15) is 0 Å². The van der Waals surface area contributed by atoms with E-state index in [1.807, 2.05) is 38.2 Å². The quantitative estimate of drug-likeness (QED) is 0.365. The molecule has 1 aliphatic rings.